The van der Waals surface area contributed by atoms with Crippen molar-refractivity contribution in [3.63, 3.8) is 0 Å². The summed E-state index contributed by atoms with van der Waals surface area (Å²) in [6.45, 7) is 12.9. The Labute approximate surface area is 279 Å². The Morgan fingerprint density at radius 1 is 1.00 bits per heavy atom. The number of carboxylic acids is 1. The quantitative estimate of drug-likeness (QED) is 0.212. The van der Waals surface area contributed by atoms with Gasteiger partial charge in [-0.2, -0.15) is 0 Å². The minimum atomic E-state index is -4.90. The van der Waals surface area contributed by atoms with Gasteiger partial charge in [-0.3, -0.25) is 4.79 Å². The number of amides is 1. The molecule has 2 N–H and O–H groups in total. The molecule has 3 aromatic carbocycles. The number of carboxylic acid groups (broad SMARTS) is 1. The second kappa shape index (κ2) is 14.0. The Balaban J connectivity index is 1.83. The van der Waals surface area contributed by atoms with E-state index < -0.39 is 52.9 Å². The third kappa shape index (κ3) is 8.00. The molecule has 1 amide bonds. The molecule has 0 fully saturated rings. The van der Waals surface area contributed by atoms with E-state index in [4.69, 9.17) is 0 Å². The smallest absolute Gasteiger partial charge is 0.478 e. The topological polar surface area (TPSA) is 75.6 Å². The summed E-state index contributed by atoms with van der Waals surface area (Å²) in [6, 6.07) is 15.4. The zero-order valence-corrected chi connectivity index (χ0v) is 28.3. The lowest BCUT2D eigenvalue weighted by Gasteiger charge is -2.37. The van der Waals surface area contributed by atoms with E-state index >= 15 is 4.39 Å². The fraction of sp³-hybridized carbons (Fsp3) is 0.385. The van der Waals surface area contributed by atoms with Crippen LogP contribution in [-0.4, -0.2) is 29.5 Å². The highest BCUT2D eigenvalue weighted by Crippen LogP contribution is 2.44. The summed E-state index contributed by atoms with van der Waals surface area (Å²) in [5, 5.41) is 12.6. The Kier molecular flexibility index (Phi) is 10.6. The predicted octanol–water partition coefficient (Wildman–Crippen LogP) is 9.94. The molecular weight excluding hydrogens is 622 g/mol. The van der Waals surface area contributed by atoms with Gasteiger partial charge in [-0.05, 0) is 102 Å². The summed E-state index contributed by atoms with van der Waals surface area (Å²) < 4.78 is 60.2. The van der Waals surface area contributed by atoms with Crippen LogP contribution in [0.1, 0.15) is 103 Å². The number of benzene rings is 3. The molecule has 4 atom stereocenters. The summed E-state index contributed by atoms with van der Waals surface area (Å²) in [6.07, 6.45) is -0.581. The first-order valence-electron chi connectivity index (χ1n) is 16.0. The van der Waals surface area contributed by atoms with Crippen molar-refractivity contribution in [3.05, 3.63) is 118 Å². The highest BCUT2D eigenvalue weighted by Gasteiger charge is 2.43. The van der Waals surface area contributed by atoms with Crippen LogP contribution in [0.2, 0.25) is 0 Å². The maximum atomic E-state index is 16.2. The predicted molar refractivity (Wildman–Crippen MR) is 180 cm³/mol. The van der Waals surface area contributed by atoms with Gasteiger partial charge < -0.3 is 15.2 Å². The zero-order chi connectivity index (χ0) is 35.6. The van der Waals surface area contributed by atoms with Crippen molar-refractivity contribution < 1.29 is 37.0 Å². The van der Waals surface area contributed by atoms with Gasteiger partial charge in [0.2, 0.25) is 5.91 Å². The number of rotatable bonds is 10. The molecule has 0 heterocycles. The van der Waals surface area contributed by atoms with Gasteiger partial charge in [0.25, 0.3) is 0 Å². The number of nitrogens with one attached hydrogen (secondary N) is 1. The SMILES string of the molecule is CCCC(c1ccc(C(=O)O)cc1)C(NC(=O)C1(C)C=CC(c2c(C)cccc2C)=CC1F)c1ccc(OC(F)(F)F)cc1C(C)(C)C. The molecule has 0 aromatic heterocycles. The molecule has 0 spiro atoms. The maximum absolute atomic E-state index is 16.2. The van der Waals surface area contributed by atoms with E-state index in [9.17, 15) is 27.9 Å². The third-order valence-corrected chi connectivity index (χ3v) is 9.04. The minimum absolute atomic E-state index is 0.0882. The minimum Gasteiger partial charge on any atom is -0.478 e. The van der Waals surface area contributed by atoms with Crippen LogP contribution in [-0.2, 0) is 10.2 Å². The number of carbonyl (C=O) groups excluding carboxylic acids is 1. The molecule has 0 saturated carbocycles. The van der Waals surface area contributed by atoms with E-state index in [-0.39, 0.29) is 5.56 Å². The third-order valence-electron chi connectivity index (χ3n) is 9.04. The van der Waals surface area contributed by atoms with Crippen molar-refractivity contribution in [2.24, 2.45) is 5.41 Å². The van der Waals surface area contributed by atoms with Crippen LogP contribution in [0, 0.1) is 19.3 Å². The van der Waals surface area contributed by atoms with Crippen molar-refractivity contribution >= 4 is 17.4 Å². The van der Waals surface area contributed by atoms with Crippen LogP contribution < -0.4 is 10.1 Å². The molecule has 5 nitrogen and oxygen atoms in total. The van der Waals surface area contributed by atoms with E-state index in [2.05, 4.69) is 10.1 Å². The van der Waals surface area contributed by atoms with Crippen LogP contribution in [0.3, 0.4) is 0 Å². The monoisotopic (exact) mass is 665 g/mol. The van der Waals surface area contributed by atoms with Crippen molar-refractivity contribution in [3.8, 4) is 5.75 Å². The van der Waals surface area contributed by atoms with Gasteiger partial charge in [0.05, 0.1) is 17.0 Å². The molecule has 4 unspecified atom stereocenters. The fourth-order valence-electron chi connectivity index (χ4n) is 6.43. The molecule has 9 heteroatoms. The number of hydrogen-bond donors (Lipinski definition) is 2. The van der Waals surface area contributed by atoms with E-state index in [0.717, 1.165) is 22.3 Å². The summed E-state index contributed by atoms with van der Waals surface area (Å²) in [5.41, 5.74) is 3.14. The number of allylic oxidation sites excluding steroid dienone is 3. The molecule has 3 aromatic rings. The highest BCUT2D eigenvalue weighted by atomic mass is 19.4. The van der Waals surface area contributed by atoms with Crippen LogP contribution in [0.25, 0.3) is 5.57 Å². The van der Waals surface area contributed by atoms with Crippen molar-refractivity contribution in [1.82, 2.24) is 5.32 Å². The van der Waals surface area contributed by atoms with E-state index in [1.807, 2.05) is 59.7 Å². The summed E-state index contributed by atoms with van der Waals surface area (Å²) in [5.74, 6) is -2.51. The average molecular weight is 666 g/mol. The number of carbonyl (C=O) groups is 2. The normalized spacial score (nSPS) is 19.3. The first-order valence-corrected chi connectivity index (χ1v) is 16.0. The van der Waals surface area contributed by atoms with Crippen molar-refractivity contribution in [1.29, 1.82) is 0 Å². The highest BCUT2D eigenvalue weighted by molar-refractivity contribution is 5.90. The molecular formula is C39H43F4NO4. The molecule has 1 aliphatic carbocycles. The molecule has 4 rings (SSSR count). The molecule has 48 heavy (non-hydrogen) atoms. The summed E-state index contributed by atoms with van der Waals surface area (Å²) in [4.78, 5) is 25.9. The van der Waals surface area contributed by atoms with E-state index in [1.165, 1.54) is 43.3 Å². The number of halogens is 4. The zero-order valence-electron chi connectivity index (χ0n) is 28.3. The summed E-state index contributed by atoms with van der Waals surface area (Å²) >= 11 is 0. The fourth-order valence-corrected chi connectivity index (χ4v) is 6.43. The van der Waals surface area contributed by atoms with Crippen LogP contribution in [0.4, 0.5) is 17.6 Å². The number of aromatic carboxylic acids is 1. The number of aryl methyl sites for hydroxylation is 2. The lowest BCUT2D eigenvalue weighted by atomic mass is 9.74. The second-order valence-electron chi connectivity index (χ2n) is 13.7. The average Bonchev–Trinajstić information content (AvgIpc) is 2.99. The lowest BCUT2D eigenvalue weighted by molar-refractivity contribution is -0.274. The van der Waals surface area contributed by atoms with Gasteiger partial charge in [-0.1, -0.05) is 82.7 Å². The van der Waals surface area contributed by atoms with Gasteiger partial charge in [-0.25, -0.2) is 9.18 Å². The van der Waals surface area contributed by atoms with Crippen LogP contribution in [0.15, 0.2) is 78.9 Å². The van der Waals surface area contributed by atoms with Crippen LogP contribution in [0.5, 0.6) is 5.75 Å². The van der Waals surface area contributed by atoms with Gasteiger partial charge in [0.1, 0.15) is 11.9 Å². The maximum Gasteiger partial charge on any atom is 0.573 e. The first-order chi connectivity index (χ1) is 22.4. The molecule has 256 valence electrons. The van der Waals surface area contributed by atoms with Crippen molar-refractivity contribution in [2.75, 3.05) is 0 Å². The van der Waals surface area contributed by atoms with Gasteiger partial charge in [0.15, 0.2) is 0 Å². The standard InChI is InChI=1S/C39H43F4NO4/c1-8-10-29(25-13-15-26(16-14-25)35(45)46)34(30-18-17-28(48-39(41,42)43)22-31(30)37(4,5)6)44-36(47)38(7)20-19-27(21-32(38)40)33-23(2)11-9-12-24(33)3/h9,11-22,29,32,34H,8,10H2,1-7H3,(H,44,47)(H,45,46). The Morgan fingerprint density at radius 2 is 1.62 bits per heavy atom. The van der Waals surface area contributed by atoms with Gasteiger partial charge >= 0.3 is 12.3 Å². The van der Waals surface area contributed by atoms with Crippen molar-refractivity contribution in [2.45, 2.75) is 91.2 Å². The first kappa shape index (κ1) is 36.4. The van der Waals surface area contributed by atoms with Crippen LogP contribution >= 0.6 is 0 Å². The number of ether oxygens (including phenoxy) is 1. The van der Waals surface area contributed by atoms with Gasteiger partial charge in [-0.15, -0.1) is 13.2 Å². The summed E-state index contributed by atoms with van der Waals surface area (Å²) in [7, 11) is 0. The lowest BCUT2D eigenvalue weighted by Crippen LogP contribution is -2.47. The number of hydrogen-bond acceptors (Lipinski definition) is 3. The molecule has 1 aliphatic rings. The molecule has 0 radical (unpaired) electrons. The van der Waals surface area contributed by atoms with E-state index in [0.29, 0.717) is 29.5 Å². The Hall–Kier alpha value is -4.40. The molecule has 0 aliphatic heterocycles. The second-order valence-corrected chi connectivity index (χ2v) is 13.7. The van der Waals surface area contributed by atoms with Gasteiger partial charge in [0, 0.05) is 5.92 Å². The molecule has 0 bridgehead atoms. The largest absolute Gasteiger partial charge is 0.573 e. The number of alkyl halides is 4. The Bertz CT molecular complexity index is 1700. The van der Waals surface area contributed by atoms with E-state index in [1.54, 1.807) is 24.3 Å². The Morgan fingerprint density at radius 3 is 2.15 bits per heavy atom. The molecule has 0 saturated heterocycles.